The van der Waals surface area contributed by atoms with Crippen molar-refractivity contribution < 1.29 is 9.53 Å². The van der Waals surface area contributed by atoms with Gasteiger partial charge in [0.25, 0.3) is 0 Å². The second kappa shape index (κ2) is 12.6. The van der Waals surface area contributed by atoms with Gasteiger partial charge in [-0.15, -0.1) is 0 Å². The molecule has 1 amide bonds. The van der Waals surface area contributed by atoms with Crippen LogP contribution in [0.15, 0.2) is 66.7 Å². The minimum Gasteiger partial charge on any atom is -0.457 e. The summed E-state index contributed by atoms with van der Waals surface area (Å²) in [6.07, 6.45) is 12.1. The van der Waals surface area contributed by atoms with E-state index in [9.17, 15) is 4.79 Å². The highest BCUT2D eigenvalue weighted by Crippen LogP contribution is 2.45. The Bertz CT molecular complexity index is 1250. The Morgan fingerprint density at radius 1 is 0.925 bits per heavy atom. The van der Waals surface area contributed by atoms with Crippen molar-refractivity contribution in [1.82, 2.24) is 0 Å². The molecule has 40 heavy (non-hydrogen) atoms. The van der Waals surface area contributed by atoms with Gasteiger partial charge in [0.15, 0.2) is 0 Å². The van der Waals surface area contributed by atoms with E-state index >= 15 is 0 Å². The lowest BCUT2D eigenvalue weighted by Crippen LogP contribution is -2.22. The van der Waals surface area contributed by atoms with Crippen molar-refractivity contribution in [1.29, 1.82) is 0 Å². The number of carbonyl (C=O) groups excluding carboxylic acids is 1. The van der Waals surface area contributed by atoms with Gasteiger partial charge in [-0.25, -0.2) is 0 Å². The Balaban J connectivity index is 1.27. The minimum atomic E-state index is -0.0755. The van der Waals surface area contributed by atoms with E-state index in [4.69, 9.17) is 4.74 Å². The van der Waals surface area contributed by atoms with Gasteiger partial charge in [0.2, 0.25) is 5.91 Å². The van der Waals surface area contributed by atoms with Crippen LogP contribution in [0.2, 0.25) is 0 Å². The normalized spacial score (nSPS) is 16.5. The largest absolute Gasteiger partial charge is 0.457 e. The molecular weight excluding hydrogens is 490 g/mol. The van der Waals surface area contributed by atoms with Crippen LogP contribution in [0.25, 0.3) is 0 Å². The van der Waals surface area contributed by atoms with Crippen molar-refractivity contribution >= 4 is 11.6 Å². The quantitative estimate of drug-likeness (QED) is 0.295. The van der Waals surface area contributed by atoms with Gasteiger partial charge in [0.1, 0.15) is 11.5 Å². The number of benzene rings is 3. The molecule has 1 atom stereocenters. The molecule has 1 fully saturated rings. The highest BCUT2D eigenvalue weighted by Gasteiger charge is 2.29. The number of hydrogen-bond donors (Lipinski definition) is 1. The smallest absolute Gasteiger partial charge is 0.225 e. The third-order valence-electron chi connectivity index (χ3n) is 8.91. The highest BCUT2D eigenvalue weighted by molar-refractivity contribution is 5.93. The van der Waals surface area contributed by atoms with Gasteiger partial charge in [-0.2, -0.15) is 0 Å². The lowest BCUT2D eigenvalue weighted by atomic mass is 9.83. The second-order valence-corrected chi connectivity index (χ2v) is 13.1. The maximum absolute atomic E-state index is 13.6. The molecular formula is C37H46NO2. The van der Waals surface area contributed by atoms with E-state index < -0.39 is 0 Å². The van der Waals surface area contributed by atoms with Crippen LogP contribution in [0.1, 0.15) is 107 Å². The Hall–Kier alpha value is -3.07. The zero-order chi connectivity index (χ0) is 28.1. The van der Waals surface area contributed by atoms with Crippen molar-refractivity contribution in [3.8, 4) is 11.5 Å². The Labute approximate surface area is 241 Å². The third-order valence-corrected chi connectivity index (χ3v) is 8.91. The van der Waals surface area contributed by atoms with E-state index in [0.29, 0.717) is 12.3 Å². The molecule has 1 aliphatic carbocycles. The average molecular weight is 537 g/mol. The van der Waals surface area contributed by atoms with Crippen LogP contribution >= 0.6 is 0 Å². The standard InChI is InChI=1S/C37H46NO2/c1-26(18-20-27-12-6-5-7-13-27)19-21-28-22-23-32(37(2,3)4)33(24-28)38-36(39)25-31-29-14-8-10-16-34(29)40-35-17-11-9-15-30(31)35/h8-11,14-17,22-24,26-27,31H,1,5-7,12-13,18-21,25H2,2-4H3,(H,38,39). The Morgan fingerprint density at radius 3 is 2.23 bits per heavy atom. The Morgan fingerprint density at radius 2 is 1.57 bits per heavy atom. The van der Waals surface area contributed by atoms with Crippen LogP contribution in [-0.4, -0.2) is 5.91 Å². The van der Waals surface area contributed by atoms with Crippen LogP contribution in [-0.2, 0) is 16.6 Å². The number of anilines is 1. The van der Waals surface area contributed by atoms with Gasteiger partial charge in [-0.05, 0) is 59.4 Å². The third kappa shape index (κ3) is 6.97. The van der Waals surface area contributed by atoms with E-state index in [0.717, 1.165) is 47.1 Å². The van der Waals surface area contributed by atoms with Crippen molar-refractivity contribution in [2.45, 2.75) is 96.3 Å². The first kappa shape index (κ1) is 28.5. The van der Waals surface area contributed by atoms with Crippen molar-refractivity contribution in [2.75, 3.05) is 5.32 Å². The summed E-state index contributed by atoms with van der Waals surface area (Å²) in [6, 6.07) is 22.8. The van der Waals surface area contributed by atoms with E-state index in [2.05, 4.69) is 63.3 Å². The minimum absolute atomic E-state index is 0.0293. The molecule has 1 unspecified atom stereocenters. The number of carbonyl (C=O) groups is 1. The number of ether oxygens (including phenoxy) is 1. The highest BCUT2D eigenvalue weighted by atomic mass is 16.5. The number of hydrogen-bond acceptors (Lipinski definition) is 2. The summed E-state index contributed by atoms with van der Waals surface area (Å²) in [5.41, 5.74) is 5.43. The van der Waals surface area contributed by atoms with Gasteiger partial charge in [-0.1, -0.05) is 121 Å². The van der Waals surface area contributed by atoms with Gasteiger partial charge in [0, 0.05) is 29.2 Å². The number of nitrogens with one attached hydrogen (secondary N) is 1. The van der Waals surface area contributed by atoms with Crippen molar-refractivity contribution in [3.05, 3.63) is 95.9 Å². The average Bonchev–Trinajstić information content (AvgIpc) is 2.95. The lowest BCUT2D eigenvalue weighted by Gasteiger charge is -2.28. The van der Waals surface area contributed by atoms with Gasteiger partial charge in [0.05, 0.1) is 0 Å². The molecule has 3 nitrogen and oxygen atoms in total. The van der Waals surface area contributed by atoms with Gasteiger partial charge >= 0.3 is 0 Å². The monoisotopic (exact) mass is 536 g/mol. The zero-order valence-electron chi connectivity index (χ0n) is 24.7. The number of fused-ring (bicyclic) bond motifs is 2. The van der Waals surface area contributed by atoms with Crippen LogP contribution < -0.4 is 10.1 Å². The molecule has 3 aromatic carbocycles. The molecule has 2 aliphatic rings. The first-order valence-corrected chi connectivity index (χ1v) is 15.4. The molecule has 1 saturated carbocycles. The molecule has 1 heterocycles. The van der Waals surface area contributed by atoms with E-state index in [1.165, 1.54) is 56.1 Å². The molecule has 1 N–H and O–H groups in total. The summed E-state index contributed by atoms with van der Waals surface area (Å²) in [5, 5.41) is 3.33. The SMILES string of the molecule is [CH2]C(CCc1ccc(C(C)(C)C)c(NC(=O)CC2c3ccccc3Oc3ccccc32)c1)CCC1CCCCC1. The summed E-state index contributed by atoms with van der Waals surface area (Å²) in [6.45, 7) is 11.1. The number of aryl methyl sites for hydroxylation is 1. The van der Waals surface area contributed by atoms with Crippen LogP contribution in [0.3, 0.4) is 0 Å². The van der Waals surface area contributed by atoms with Gasteiger partial charge < -0.3 is 10.1 Å². The Kier molecular flexibility index (Phi) is 8.98. The maximum atomic E-state index is 13.6. The van der Waals surface area contributed by atoms with Crippen LogP contribution in [0.5, 0.6) is 11.5 Å². The fourth-order valence-electron chi connectivity index (χ4n) is 6.58. The molecule has 5 rings (SSSR count). The fraction of sp³-hybridized carbons (Fsp3) is 0.459. The van der Waals surface area contributed by atoms with Crippen LogP contribution in [0.4, 0.5) is 5.69 Å². The summed E-state index contributed by atoms with van der Waals surface area (Å²) in [7, 11) is 0. The second-order valence-electron chi connectivity index (χ2n) is 13.1. The number of rotatable bonds is 9. The maximum Gasteiger partial charge on any atom is 0.225 e. The van der Waals surface area contributed by atoms with E-state index in [1.807, 2.05) is 36.4 Å². The number of para-hydroxylation sites is 2. The zero-order valence-corrected chi connectivity index (χ0v) is 24.7. The fourth-order valence-corrected chi connectivity index (χ4v) is 6.58. The lowest BCUT2D eigenvalue weighted by molar-refractivity contribution is -0.116. The predicted octanol–water partition coefficient (Wildman–Crippen LogP) is 9.99. The molecule has 0 aromatic heterocycles. The summed E-state index contributed by atoms with van der Waals surface area (Å²) in [5.74, 6) is 3.06. The molecule has 211 valence electrons. The molecule has 0 saturated heterocycles. The first-order chi connectivity index (χ1) is 19.3. The summed E-state index contributed by atoms with van der Waals surface area (Å²) in [4.78, 5) is 13.6. The summed E-state index contributed by atoms with van der Waals surface area (Å²) < 4.78 is 6.15. The molecule has 1 aliphatic heterocycles. The van der Waals surface area contributed by atoms with Gasteiger partial charge in [-0.3, -0.25) is 4.79 Å². The predicted molar refractivity (Wildman–Crippen MR) is 166 cm³/mol. The molecule has 0 spiro atoms. The van der Waals surface area contributed by atoms with E-state index in [-0.39, 0.29) is 17.2 Å². The first-order valence-electron chi connectivity index (χ1n) is 15.4. The van der Waals surface area contributed by atoms with Crippen molar-refractivity contribution in [2.24, 2.45) is 11.8 Å². The summed E-state index contributed by atoms with van der Waals surface area (Å²) >= 11 is 0. The molecule has 1 radical (unpaired) electrons. The van der Waals surface area contributed by atoms with Crippen LogP contribution in [0, 0.1) is 18.8 Å². The van der Waals surface area contributed by atoms with E-state index in [1.54, 1.807) is 0 Å². The number of amides is 1. The topological polar surface area (TPSA) is 38.3 Å². The van der Waals surface area contributed by atoms with Crippen molar-refractivity contribution in [3.63, 3.8) is 0 Å². The molecule has 3 heteroatoms. The molecule has 0 bridgehead atoms. The molecule has 3 aromatic rings.